The lowest BCUT2D eigenvalue weighted by Gasteiger charge is -2.14. The number of nitrogens with one attached hydrogen (secondary N) is 2. The van der Waals surface area contributed by atoms with Crippen molar-refractivity contribution in [3.05, 3.63) is 72.4 Å². The number of imidazole rings is 1. The van der Waals surface area contributed by atoms with Crippen molar-refractivity contribution in [2.45, 2.75) is 6.42 Å². The third kappa shape index (κ3) is 3.06. The number of aromatic amines is 1. The van der Waals surface area contributed by atoms with Gasteiger partial charge in [0.1, 0.15) is 29.0 Å². The molecule has 0 aliphatic heterocycles. The lowest BCUT2D eigenvalue weighted by atomic mass is 10.0. The molecule has 0 saturated heterocycles. The molecule has 7 nitrogen and oxygen atoms in total. The highest BCUT2D eigenvalue weighted by molar-refractivity contribution is 5.81. The van der Waals surface area contributed by atoms with Crippen LogP contribution in [0.4, 0.5) is 14.6 Å². The van der Waals surface area contributed by atoms with Crippen molar-refractivity contribution in [1.82, 2.24) is 29.5 Å². The summed E-state index contributed by atoms with van der Waals surface area (Å²) in [6, 6.07) is 9.28. The predicted molar refractivity (Wildman–Crippen MR) is 104 cm³/mol. The van der Waals surface area contributed by atoms with Gasteiger partial charge in [-0.25, -0.2) is 28.2 Å². The first-order chi connectivity index (χ1) is 14.2. The first kappa shape index (κ1) is 17.2. The highest BCUT2D eigenvalue weighted by atomic mass is 19.1. The van der Waals surface area contributed by atoms with Crippen LogP contribution in [0, 0.1) is 11.6 Å². The van der Waals surface area contributed by atoms with Gasteiger partial charge in [-0.2, -0.15) is 5.10 Å². The Bertz CT molecular complexity index is 1330. The molecule has 4 aromatic heterocycles. The van der Waals surface area contributed by atoms with Crippen LogP contribution in [-0.4, -0.2) is 36.1 Å². The van der Waals surface area contributed by atoms with Gasteiger partial charge in [0.2, 0.25) is 0 Å². The molecule has 5 rings (SSSR count). The SMILES string of the molecule is Fc1cccc(-c2c(CCNc3ncnc4nc[nH]c34)cc(F)c3ccnn23)c1. The molecule has 0 atom stereocenters. The molecule has 0 fully saturated rings. The fourth-order valence-corrected chi connectivity index (χ4v) is 3.44. The number of rotatable bonds is 5. The zero-order chi connectivity index (χ0) is 19.8. The average Bonchev–Trinajstić information content (AvgIpc) is 3.38. The topological polar surface area (TPSA) is 83.8 Å². The minimum Gasteiger partial charge on any atom is -0.368 e. The molecule has 5 aromatic rings. The summed E-state index contributed by atoms with van der Waals surface area (Å²) >= 11 is 0. The molecule has 0 aliphatic carbocycles. The van der Waals surface area contributed by atoms with Crippen LogP contribution in [0.5, 0.6) is 0 Å². The second-order valence-electron chi connectivity index (χ2n) is 6.50. The summed E-state index contributed by atoms with van der Waals surface area (Å²) in [7, 11) is 0. The van der Waals surface area contributed by atoms with E-state index in [2.05, 4.69) is 30.4 Å². The molecular formula is C20H15F2N7. The third-order valence-electron chi connectivity index (χ3n) is 4.71. The van der Waals surface area contributed by atoms with Gasteiger partial charge in [-0.15, -0.1) is 0 Å². The van der Waals surface area contributed by atoms with E-state index in [0.29, 0.717) is 52.3 Å². The first-order valence-electron chi connectivity index (χ1n) is 9.00. The Hall–Kier alpha value is -3.88. The molecule has 9 heteroatoms. The standard InChI is InChI=1S/C20H15F2N7/c21-14-3-1-2-12(8-14)18-13(9-15(22)16-5-7-28-29(16)18)4-6-23-19-17-20(25-10-24-17)27-11-26-19/h1-3,5,7-11H,4,6H2,(H2,23,24,25,26,27). The fourth-order valence-electron chi connectivity index (χ4n) is 3.44. The van der Waals surface area contributed by atoms with Crippen LogP contribution in [0.15, 0.2) is 55.2 Å². The summed E-state index contributed by atoms with van der Waals surface area (Å²) in [4.78, 5) is 15.4. The number of hydrogen-bond acceptors (Lipinski definition) is 5. The summed E-state index contributed by atoms with van der Waals surface area (Å²) < 4.78 is 29.9. The van der Waals surface area contributed by atoms with Crippen LogP contribution in [0.1, 0.15) is 5.56 Å². The minimum atomic E-state index is -0.379. The van der Waals surface area contributed by atoms with Crippen molar-refractivity contribution in [3.63, 3.8) is 0 Å². The molecule has 0 aliphatic rings. The largest absolute Gasteiger partial charge is 0.368 e. The first-order valence-corrected chi connectivity index (χ1v) is 9.00. The van der Waals surface area contributed by atoms with E-state index in [9.17, 15) is 8.78 Å². The summed E-state index contributed by atoms with van der Waals surface area (Å²) in [6.07, 6.45) is 4.98. The Morgan fingerprint density at radius 2 is 2.00 bits per heavy atom. The van der Waals surface area contributed by atoms with Gasteiger partial charge in [-0.3, -0.25) is 0 Å². The van der Waals surface area contributed by atoms with Crippen molar-refractivity contribution in [2.75, 3.05) is 11.9 Å². The molecular weight excluding hydrogens is 376 g/mol. The maximum Gasteiger partial charge on any atom is 0.182 e. The number of nitrogens with zero attached hydrogens (tertiary/aromatic N) is 5. The van der Waals surface area contributed by atoms with Crippen molar-refractivity contribution in [3.8, 4) is 11.3 Å². The number of aromatic nitrogens is 6. The Balaban J connectivity index is 1.51. The third-order valence-corrected chi connectivity index (χ3v) is 4.71. The lowest BCUT2D eigenvalue weighted by molar-refractivity contribution is 0.626. The number of hydrogen-bond donors (Lipinski definition) is 2. The average molecular weight is 391 g/mol. The lowest BCUT2D eigenvalue weighted by Crippen LogP contribution is -2.10. The van der Waals surface area contributed by atoms with E-state index < -0.39 is 0 Å². The van der Waals surface area contributed by atoms with E-state index in [0.717, 1.165) is 0 Å². The molecule has 4 heterocycles. The van der Waals surface area contributed by atoms with Crippen LogP contribution in [0.25, 0.3) is 27.9 Å². The summed E-state index contributed by atoms with van der Waals surface area (Å²) in [5, 5.41) is 7.47. The highest BCUT2D eigenvalue weighted by Gasteiger charge is 2.16. The maximum absolute atomic E-state index is 14.6. The van der Waals surface area contributed by atoms with Gasteiger partial charge in [0.25, 0.3) is 0 Å². The molecule has 0 bridgehead atoms. The van der Waals surface area contributed by atoms with Crippen LogP contribution in [0.3, 0.4) is 0 Å². The molecule has 0 spiro atoms. The number of benzene rings is 1. The normalized spacial score (nSPS) is 11.4. The molecule has 144 valence electrons. The van der Waals surface area contributed by atoms with Gasteiger partial charge in [0.05, 0.1) is 18.2 Å². The number of halogens is 2. The molecule has 0 amide bonds. The summed E-state index contributed by atoms with van der Waals surface area (Å²) in [5.74, 6) is -0.130. The number of H-pyrrole nitrogens is 1. The summed E-state index contributed by atoms with van der Waals surface area (Å²) in [5.41, 5.74) is 3.59. The zero-order valence-electron chi connectivity index (χ0n) is 15.1. The summed E-state index contributed by atoms with van der Waals surface area (Å²) in [6.45, 7) is 0.472. The number of fused-ring (bicyclic) bond motifs is 2. The molecule has 0 radical (unpaired) electrons. The molecule has 1 aromatic carbocycles. The van der Waals surface area contributed by atoms with Crippen LogP contribution >= 0.6 is 0 Å². The predicted octanol–water partition coefficient (Wildman–Crippen LogP) is 3.60. The molecule has 0 saturated carbocycles. The monoisotopic (exact) mass is 391 g/mol. The van der Waals surface area contributed by atoms with Gasteiger partial charge in [-0.1, -0.05) is 12.1 Å². The molecule has 29 heavy (non-hydrogen) atoms. The van der Waals surface area contributed by atoms with E-state index in [1.54, 1.807) is 24.5 Å². The highest BCUT2D eigenvalue weighted by Crippen LogP contribution is 2.28. The van der Waals surface area contributed by atoms with Crippen LogP contribution in [-0.2, 0) is 6.42 Å². The van der Waals surface area contributed by atoms with Crippen molar-refractivity contribution in [2.24, 2.45) is 0 Å². The fraction of sp³-hybridized carbons (Fsp3) is 0.100. The van der Waals surface area contributed by atoms with Crippen molar-refractivity contribution >= 4 is 22.5 Å². The Morgan fingerprint density at radius 1 is 1.07 bits per heavy atom. The van der Waals surface area contributed by atoms with Gasteiger partial charge < -0.3 is 10.3 Å². The Kier molecular flexibility index (Phi) is 4.12. The van der Waals surface area contributed by atoms with Gasteiger partial charge >= 0.3 is 0 Å². The van der Waals surface area contributed by atoms with Gasteiger partial charge in [0.15, 0.2) is 11.5 Å². The smallest absolute Gasteiger partial charge is 0.182 e. The van der Waals surface area contributed by atoms with E-state index in [-0.39, 0.29) is 11.6 Å². The number of pyridine rings is 1. The van der Waals surface area contributed by atoms with Gasteiger partial charge in [0, 0.05) is 12.1 Å². The second kappa shape index (κ2) is 6.93. The van der Waals surface area contributed by atoms with Crippen molar-refractivity contribution < 1.29 is 8.78 Å². The minimum absolute atomic E-state index is 0.343. The van der Waals surface area contributed by atoms with E-state index in [1.165, 1.54) is 35.2 Å². The van der Waals surface area contributed by atoms with Gasteiger partial charge in [-0.05, 0) is 36.2 Å². The van der Waals surface area contributed by atoms with Crippen LogP contribution < -0.4 is 5.32 Å². The molecule has 0 unspecified atom stereocenters. The number of anilines is 1. The van der Waals surface area contributed by atoms with E-state index in [4.69, 9.17) is 0 Å². The quantitative estimate of drug-likeness (QED) is 0.478. The second-order valence-corrected chi connectivity index (χ2v) is 6.50. The van der Waals surface area contributed by atoms with Crippen molar-refractivity contribution in [1.29, 1.82) is 0 Å². The van der Waals surface area contributed by atoms with Crippen LogP contribution in [0.2, 0.25) is 0 Å². The van der Waals surface area contributed by atoms with E-state index in [1.807, 2.05) is 0 Å². The van der Waals surface area contributed by atoms with E-state index >= 15 is 0 Å². The Labute approximate surface area is 163 Å². The zero-order valence-corrected chi connectivity index (χ0v) is 15.1. The maximum atomic E-state index is 14.6. The molecule has 2 N–H and O–H groups in total. The Morgan fingerprint density at radius 3 is 2.90 bits per heavy atom.